The third-order valence-corrected chi connectivity index (χ3v) is 6.20. The van der Waals surface area contributed by atoms with Crippen LogP contribution in [0.5, 0.6) is 0 Å². The maximum Gasteiger partial charge on any atom is 0.259 e. The van der Waals surface area contributed by atoms with Crippen molar-refractivity contribution in [3.8, 4) is 0 Å². The first kappa shape index (κ1) is 22.9. The molecule has 1 aromatic carbocycles. The number of aliphatic hydroxyl groups is 1. The van der Waals surface area contributed by atoms with Crippen LogP contribution in [0.1, 0.15) is 42.4 Å². The van der Waals surface area contributed by atoms with Crippen LogP contribution in [0.15, 0.2) is 40.3 Å². The average molecular weight is 448 g/mol. The number of rotatable bonds is 6. The molecule has 1 amide bonds. The molecule has 31 heavy (non-hydrogen) atoms. The molecule has 0 radical (unpaired) electrons. The van der Waals surface area contributed by atoms with Gasteiger partial charge >= 0.3 is 0 Å². The minimum Gasteiger partial charge on any atom is -0.394 e. The molecule has 2 aromatic rings. The zero-order valence-corrected chi connectivity index (χ0v) is 18.4. The van der Waals surface area contributed by atoms with E-state index in [1.54, 1.807) is 31.2 Å². The van der Waals surface area contributed by atoms with Crippen LogP contribution in [0, 0.1) is 5.82 Å². The molecule has 1 aromatic heterocycles. The summed E-state index contributed by atoms with van der Waals surface area (Å²) in [5.74, 6) is 10.5. The summed E-state index contributed by atoms with van der Waals surface area (Å²) in [5, 5.41) is 16.7. The Bertz CT molecular complexity index is 1000. The topological polar surface area (TPSA) is 133 Å². The van der Waals surface area contributed by atoms with Gasteiger partial charge in [-0.2, -0.15) is 5.10 Å². The maximum atomic E-state index is 14.6. The van der Waals surface area contributed by atoms with Crippen LogP contribution in [-0.4, -0.2) is 49.8 Å². The summed E-state index contributed by atoms with van der Waals surface area (Å²) in [7, 11) is 0. The smallest absolute Gasteiger partial charge is 0.259 e. The van der Waals surface area contributed by atoms with Gasteiger partial charge in [0.15, 0.2) is 5.84 Å². The van der Waals surface area contributed by atoms with Gasteiger partial charge < -0.3 is 16.3 Å². The quantitative estimate of drug-likeness (QED) is 0.173. The molecule has 0 saturated heterocycles. The van der Waals surface area contributed by atoms with Crippen molar-refractivity contribution >= 4 is 29.5 Å². The average Bonchev–Trinajstić information content (AvgIpc) is 3.16. The Kier molecular flexibility index (Phi) is 7.11. The van der Waals surface area contributed by atoms with Crippen LogP contribution in [0.3, 0.4) is 0 Å². The molecule has 2 heterocycles. The second kappa shape index (κ2) is 9.60. The summed E-state index contributed by atoms with van der Waals surface area (Å²) in [4.78, 5) is 17.9. The highest BCUT2D eigenvalue weighted by Gasteiger charge is 2.26. The highest BCUT2D eigenvalue weighted by Crippen LogP contribution is 2.38. The van der Waals surface area contributed by atoms with Gasteiger partial charge in [0.25, 0.3) is 5.91 Å². The first-order valence-corrected chi connectivity index (χ1v) is 10.5. The Morgan fingerprint density at radius 3 is 2.81 bits per heavy atom. The predicted octanol–water partition coefficient (Wildman–Crippen LogP) is 1.88. The molecule has 0 fully saturated rings. The molecule has 6 N–H and O–H groups in total. The molecule has 1 aliphatic heterocycles. The summed E-state index contributed by atoms with van der Waals surface area (Å²) in [6.07, 6.45) is 0. The van der Waals surface area contributed by atoms with Crippen LogP contribution in [0.25, 0.3) is 0 Å². The maximum absolute atomic E-state index is 14.6. The lowest BCUT2D eigenvalue weighted by atomic mass is 10.1. The second-order valence-electron chi connectivity index (χ2n) is 7.45. The first-order chi connectivity index (χ1) is 14.7. The number of hydrogen-bond donors (Lipinski definition) is 4. The molecule has 0 bridgehead atoms. The summed E-state index contributed by atoms with van der Waals surface area (Å²) < 4.78 is 16.8. The van der Waals surface area contributed by atoms with Crippen molar-refractivity contribution < 1.29 is 14.3 Å². The summed E-state index contributed by atoms with van der Waals surface area (Å²) >= 11 is 1.51. The highest BCUT2D eigenvalue weighted by molar-refractivity contribution is 7.97. The monoisotopic (exact) mass is 447 g/mol. The highest BCUT2D eigenvalue weighted by atomic mass is 32.2. The van der Waals surface area contributed by atoms with Gasteiger partial charge in [-0.15, -0.1) is 0 Å². The second-order valence-corrected chi connectivity index (χ2v) is 8.55. The van der Waals surface area contributed by atoms with Crippen molar-refractivity contribution in [3.05, 3.63) is 53.0 Å². The molecule has 0 saturated carbocycles. The van der Waals surface area contributed by atoms with Gasteiger partial charge in [0.2, 0.25) is 0 Å². The fourth-order valence-electron chi connectivity index (χ4n) is 2.97. The zero-order chi connectivity index (χ0) is 22.7. The predicted molar refractivity (Wildman–Crippen MR) is 118 cm³/mol. The van der Waals surface area contributed by atoms with Crippen molar-refractivity contribution in [2.24, 2.45) is 16.8 Å². The number of pyridine rings is 1. The molecule has 0 aliphatic carbocycles. The van der Waals surface area contributed by atoms with E-state index in [9.17, 15) is 14.3 Å². The molecular weight excluding hydrogens is 421 g/mol. The Hall–Kier alpha value is -2.73. The van der Waals surface area contributed by atoms with E-state index in [4.69, 9.17) is 11.7 Å². The van der Waals surface area contributed by atoms with Gasteiger partial charge in [0, 0.05) is 17.5 Å². The van der Waals surface area contributed by atoms with E-state index in [0.717, 1.165) is 10.5 Å². The van der Waals surface area contributed by atoms with Crippen LogP contribution in [0.2, 0.25) is 0 Å². The Balaban J connectivity index is 1.81. The van der Waals surface area contributed by atoms with Crippen molar-refractivity contribution in [2.75, 3.05) is 11.9 Å². The number of benzene rings is 1. The summed E-state index contributed by atoms with van der Waals surface area (Å²) in [5.41, 5.74) is 1.09. The van der Waals surface area contributed by atoms with Gasteiger partial charge in [-0.1, -0.05) is 6.07 Å². The van der Waals surface area contributed by atoms with Gasteiger partial charge in [-0.25, -0.2) is 19.5 Å². The third-order valence-electron chi connectivity index (χ3n) is 4.84. The van der Waals surface area contributed by atoms with E-state index in [0.29, 0.717) is 18.3 Å². The normalized spacial score (nSPS) is 15.1. The lowest BCUT2D eigenvalue weighted by Crippen LogP contribution is -2.47. The lowest BCUT2D eigenvalue weighted by molar-refractivity contribution is 0.102. The Morgan fingerprint density at radius 2 is 2.16 bits per heavy atom. The molecule has 3 rings (SSSR count). The molecule has 166 valence electrons. The first-order valence-electron chi connectivity index (χ1n) is 9.73. The van der Waals surface area contributed by atoms with Crippen LogP contribution < -0.4 is 17.0 Å². The van der Waals surface area contributed by atoms with Gasteiger partial charge in [0.05, 0.1) is 18.2 Å². The van der Waals surface area contributed by atoms with Crippen molar-refractivity contribution in [1.29, 1.82) is 0 Å². The number of nitrogens with zero attached hydrogens (tertiary/aromatic N) is 4. The standard InChI is InChI=1S/C20H26FN7O2S/c1-11(2)27-9-13-7-15(21)14(8-17(13)31-27)20(30)25-18-6-4-5-16(24-18)19(26-22)28(23)12(3)10-29/h4-8,11-12,29H,9-10,22-23H2,1-3H3,(H,24,25,30)/b26-19-. The lowest BCUT2D eigenvalue weighted by Gasteiger charge is -2.25. The van der Waals surface area contributed by atoms with Crippen LogP contribution in [0.4, 0.5) is 10.2 Å². The molecule has 11 heteroatoms. The van der Waals surface area contributed by atoms with Crippen molar-refractivity contribution in [3.63, 3.8) is 0 Å². The van der Waals surface area contributed by atoms with Crippen LogP contribution >= 0.6 is 11.9 Å². The van der Waals surface area contributed by atoms with E-state index in [-0.39, 0.29) is 23.8 Å². The molecule has 9 nitrogen and oxygen atoms in total. The number of carbonyl (C=O) groups excluding carboxylic acids is 1. The van der Waals surface area contributed by atoms with E-state index >= 15 is 0 Å². The number of nitrogens with one attached hydrogen (secondary N) is 1. The number of aromatic nitrogens is 1. The number of hydrogen-bond acceptors (Lipinski definition) is 8. The Labute approximate surface area is 184 Å². The Morgan fingerprint density at radius 1 is 1.42 bits per heavy atom. The van der Waals surface area contributed by atoms with Crippen LogP contribution in [-0.2, 0) is 6.54 Å². The van der Waals surface area contributed by atoms with E-state index in [1.165, 1.54) is 23.0 Å². The molecule has 1 atom stereocenters. The number of nitrogens with two attached hydrogens (primary N) is 2. The summed E-state index contributed by atoms with van der Waals surface area (Å²) in [6, 6.07) is 7.62. The number of carbonyl (C=O) groups is 1. The van der Waals surface area contributed by atoms with E-state index in [1.807, 2.05) is 0 Å². The van der Waals surface area contributed by atoms with Crippen molar-refractivity contribution in [1.82, 2.24) is 14.3 Å². The SMILES string of the molecule is CC(C)N1Cc2cc(F)c(C(=O)Nc3cccc(/C(=N/N)N(N)C(C)CO)n3)cc2S1. The number of amides is 1. The fraction of sp³-hybridized carbons (Fsp3) is 0.350. The van der Waals surface area contributed by atoms with Gasteiger partial charge in [-0.05, 0) is 62.5 Å². The number of fused-ring (bicyclic) bond motifs is 1. The number of aliphatic hydroxyl groups excluding tert-OH is 1. The summed E-state index contributed by atoms with van der Waals surface area (Å²) in [6.45, 7) is 6.22. The molecule has 0 spiro atoms. The number of hydrazone groups is 1. The molecule has 1 unspecified atom stereocenters. The van der Waals surface area contributed by atoms with Gasteiger partial charge in [-0.3, -0.25) is 9.80 Å². The number of anilines is 1. The van der Waals surface area contributed by atoms with E-state index < -0.39 is 17.8 Å². The molecule has 1 aliphatic rings. The minimum absolute atomic E-state index is 0.0638. The van der Waals surface area contributed by atoms with Gasteiger partial charge in [0.1, 0.15) is 17.3 Å². The molecular formula is C20H26FN7O2S. The largest absolute Gasteiger partial charge is 0.394 e. The zero-order valence-electron chi connectivity index (χ0n) is 17.5. The van der Waals surface area contributed by atoms with Crippen molar-refractivity contribution in [2.45, 2.75) is 44.3 Å². The van der Waals surface area contributed by atoms with E-state index in [2.05, 4.69) is 33.6 Å². The number of hydrazine groups is 1. The minimum atomic E-state index is -0.617. The fourth-order valence-corrected chi connectivity index (χ4v) is 4.04. The third kappa shape index (κ3) is 4.96. The number of halogens is 1. The number of amidine groups is 1.